The molecule has 11 heteroatoms. The molecule has 1 saturated heterocycles. The molecule has 0 saturated carbocycles. The average Bonchev–Trinajstić information content (AvgIpc) is 3.18. The number of alkyl halides is 4. The lowest BCUT2D eigenvalue weighted by Gasteiger charge is -2.36. The van der Waals surface area contributed by atoms with Crippen LogP contribution < -0.4 is 19.4 Å². The number of hydrogen-bond acceptors (Lipinski definition) is 6. The van der Waals surface area contributed by atoms with Crippen LogP contribution >= 0.6 is 11.6 Å². The number of methoxy groups -OCH3 is 1. The number of hydrazone groups is 1. The van der Waals surface area contributed by atoms with Crippen LogP contribution in [0.5, 0.6) is 11.6 Å². The van der Waals surface area contributed by atoms with Crippen LogP contribution in [-0.4, -0.2) is 55.4 Å². The van der Waals surface area contributed by atoms with Crippen molar-refractivity contribution in [2.24, 2.45) is 11.0 Å². The van der Waals surface area contributed by atoms with E-state index in [4.69, 9.17) is 21.1 Å². The molecule has 2 aliphatic heterocycles. The fourth-order valence-electron chi connectivity index (χ4n) is 4.62. The second-order valence-electron chi connectivity index (χ2n) is 8.67. The Morgan fingerprint density at radius 2 is 1.91 bits per heavy atom. The summed E-state index contributed by atoms with van der Waals surface area (Å²) in [5.41, 5.74) is 0.403. The summed E-state index contributed by atoms with van der Waals surface area (Å²) in [6.45, 7) is 3.99. The molecule has 190 valence electrons. The normalized spacial score (nSPS) is 25.0. The summed E-state index contributed by atoms with van der Waals surface area (Å²) < 4.78 is 66.0. The van der Waals surface area contributed by atoms with E-state index >= 15 is 4.39 Å². The number of halogens is 5. The zero-order valence-electron chi connectivity index (χ0n) is 19.6. The van der Waals surface area contributed by atoms with Gasteiger partial charge in [0, 0.05) is 24.9 Å². The fourth-order valence-corrected chi connectivity index (χ4v) is 4.84. The van der Waals surface area contributed by atoms with E-state index in [9.17, 15) is 13.2 Å². The molecular weight excluding hydrogens is 488 g/mol. The van der Waals surface area contributed by atoms with Gasteiger partial charge in [-0.15, -0.1) is 0 Å². The van der Waals surface area contributed by atoms with Gasteiger partial charge in [-0.2, -0.15) is 18.3 Å². The van der Waals surface area contributed by atoms with Gasteiger partial charge in [0.2, 0.25) is 5.88 Å². The lowest BCUT2D eigenvalue weighted by Crippen LogP contribution is -2.47. The molecule has 1 aromatic heterocycles. The van der Waals surface area contributed by atoms with E-state index in [2.05, 4.69) is 10.1 Å². The number of nitrogens with zero attached hydrogens (tertiary/aromatic N) is 4. The first kappa shape index (κ1) is 25.3. The molecule has 0 aliphatic carbocycles. The first-order chi connectivity index (χ1) is 16.6. The van der Waals surface area contributed by atoms with Crippen LogP contribution in [0.15, 0.2) is 41.6 Å². The number of hydrogen-bond donors (Lipinski definition) is 0. The standard InChI is InChI=1S/C24H27ClF4N4O2/c1-4-19-14(2)23(24(27,28)29)31-33(19)15-5-7-16(8-6-15)35-21-9-10-32(13-18(21)26)20-11-22(34-3)30-12-17(20)25/h5-8,11-12,14,18-19,21H,4,9-10,13H2,1-3H3/t14?,18?,19-,21?/m0/s1. The molecule has 4 atom stereocenters. The van der Waals surface area contributed by atoms with Crippen LogP contribution in [0.1, 0.15) is 26.7 Å². The number of aromatic nitrogens is 1. The van der Waals surface area contributed by atoms with Crippen molar-refractivity contribution in [2.75, 3.05) is 30.1 Å². The third-order valence-corrected chi connectivity index (χ3v) is 6.77. The van der Waals surface area contributed by atoms with Crippen molar-refractivity contribution in [3.05, 3.63) is 41.6 Å². The van der Waals surface area contributed by atoms with E-state index in [1.807, 2.05) is 11.8 Å². The summed E-state index contributed by atoms with van der Waals surface area (Å²) in [5.74, 6) is 0.101. The molecular formula is C24H27ClF4N4O2. The van der Waals surface area contributed by atoms with Crippen molar-refractivity contribution in [1.82, 2.24) is 4.98 Å². The number of ether oxygens (including phenoxy) is 2. The van der Waals surface area contributed by atoms with Crippen molar-refractivity contribution in [2.45, 2.75) is 51.2 Å². The second kappa shape index (κ2) is 10.1. The molecule has 0 bridgehead atoms. The zero-order valence-corrected chi connectivity index (χ0v) is 20.4. The minimum atomic E-state index is -4.47. The van der Waals surface area contributed by atoms with Gasteiger partial charge in [0.25, 0.3) is 0 Å². The van der Waals surface area contributed by atoms with Gasteiger partial charge >= 0.3 is 6.18 Å². The highest BCUT2D eigenvalue weighted by Gasteiger charge is 2.47. The van der Waals surface area contributed by atoms with E-state index in [0.29, 0.717) is 47.4 Å². The van der Waals surface area contributed by atoms with Gasteiger partial charge < -0.3 is 14.4 Å². The van der Waals surface area contributed by atoms with Crippen molar-refractivity contribution in [3.63, 3.8) is 0 Å². The Morgan fingerprint density at radius 1 is 1.20 bits per heavy atom. The molecule has 4 rings (SSSR count). The minimum Gasteiger partial charge on any atom is -0.487 e. The maximum atomic E-state index is 15.0. The van der Waals surface area contributed by atoms with Gasteiger partial charge in [-0.3, -0.25) is 5.01 Å². The number of rotatable bonds is 6. The Morgan fingerprint density at radius 3 is 2.51 bits per heavy atom. The van der Waals surface area contributed by atoms with Crippen molar-refractivity contribution < 1.29 is 27.0 Å². The van der Waals surface area contributed by atoms with Gasteiger partial charge in [-0.05, 0) is 30.7 Å². The van der Waals surface area contributed by atoms with Crippen LogP contribution in [0.3, 0.4) is 0 Å². The van der Waals surface area contributed by atoms with Crippen LogP contribution in [0.25, 0.3) is 0 Å². The highest BCUT2D eigenvalue weighted by molar-refractivity contribution is 6.33. The number of pyridine rings is 1. The summed E-state index contributed by atoms with van der Waals surface area (Å²) in [6.07, 6.45) is -4.01. The van der Waals surface area contributed by atoms with E-state index in [1.165, 1.54) is 18.3 Å². The van der Waals surface area contributed by atoms with Crippen molar-refractivity contribution in [1.29, 1.82) is 0 Å². The fraction of sp³-hybridized carbons (Fsp3) is 0.500. The topological polar surface area (TPSA) is 50.2 Å². The van der Waals surface area contributed by atoms with Gasteiger partial charge in [0.15, 0.2) is 6.17 Å². The molecule has 3 unspecified atom stereocenters. The molecule has 6 nitrogen and oxygen atoms in total. The molecule has 1 aromatic carbocycles. The number of benzene rings is 1. The smallest absolute Gasteiger partial charge is 0.431 e. The maximum Gasteiger partial charge on any atom is 0.431 e. The Bertz CT molecular complexity index is 1070. The molecule has 0 amide bonds. The molecule has 0 radical (unpaired) electrons. The largest absolute Gasteiger partial charge is 0.487 e. The maximum absolute atomic E-state index is 15.0. The summed E-state index contributed by atoms with van der Waals surface area (Å²) >= 11 is 6.24. The van der Waals surface area contributed by atoms with E-state index < -0.39 is 36.1 Å². The van der Waals surface area contributed by atoms with Gasteiger partial charge in [0.05, 0.1) is 42.3 Å². The van der Waals surface area contributed by atoms with Crippen molar-refractivity contribution in [3.8, 4) is 11.6 Å². The molecule has 35 heavy (non-hydrogen) atoms. The molecule has 2 aliphatic rings. The van der Waals surface area contributed by atoms with Crippen molar-refractivity contribution >= 4 is 28.7 Å². The number of piperidine rings is 1. The Hall–Kier alpha value is -2.75. The highest BCUT2D eigenvalue weighted by atomic mass is 35.5. The third-order valence-electron chi connectivity index (χ3n) is 6.48. The van der Waals surface area contributed by atoms with Crippen LogP contribution in [0, 0.1) is 5.92 Å². The first-order valence-corrected chi connectivity index (χ1v) is 11.8. The van der Waals surface area contributed by atoms with Crippen LogP contribution in [0.2, 0.25) is 5.02 Å². The SMILES string of the molecule is CC[C@H]1C(C)C(C(F)(F)F)=NN1c1ccc(OC2CCN(c3cc(OC)ncc3Cl)CC2F)cc1. The lowest BCUT2D eigenvalue weighted by molar-refractivity contribution is -0.0620. The zero-order chi connectivity index (χ0) is 25.3. The second-order valence-corrected chi connectivity index (χ2v) is 9.08. The Labute approximate surface area is 206 Å². The number of anilines is 2. The molecule has 0 spiro atoms. The van der Waals surface area contributed by atoms with Gasteiger partial charge in [-0.1, -0.05) is 25.4 Å². The van der Waals surface area contributed by atoms with Gasteiger partial charge in [-0.25, -0.2) is 9.37 Å². The summed E-state index contributed by atoms with van der Waals surface area (Å²) in [4.78, 5) is 5.87. The summed E-state index contributed by atoms with van der Waals surface area (Å²) in [6, 6.07) is 7.86. The molecule has 3 heterocycles. The quantitative estimate of drug-likeness (QED) is 0.450. The van der Waals surface area contributed by atoms with E-state index in [0.717, 1.165) is 0 Å². The Kier molecular flexibility index (Phi) is 7.30. The lowest BCUT2D eigenvalue weighted by atomic mass is 9.95. The van der Waals surface area contributed by atoms with Crippen LogP contribution in [-0.2, 0) is 0 Å². The predicted octanol–water partition coefficient (Wildman–Crippen LogP) is 5.89. The predicted molar refractivity (Wildman–Crippen MR) is 128 cm³/mol. The first-order valence-electron chi connectivity index (χ1n) is 11.4. The minimum absolute atomic E-state index is 0.0917. The Balaban J connectivity index is 1.42. The molecule has 0 N–H and O–H groups in total. The van der Waals surface area contributed by atoms with E-state index in [-0.39, 0.29) is 6.54 Å². The monoisotopic (exact) mass is 514 g/mol. The van der Waals surface area contributed by atoms with Gasteiger partial charge in [0.1, 0.15) is 17.6 Å². The highest BCUT2D eigenvalue weighted by Crippen LogP contribution is 2.37. The van der Waals surface area contributed by atoms with E-state index in [1.54, 1.807) is 37.3 Å². The third kappa shape index (κ3) is 5.27. The molecule has 1 fully saturated rings. The average molecular weight is 515 g/mol. The van der Waals surface area contributed by atoms with Crippen LogP contribution in [0.4, 0.5) is 28.9 Å². The summed E-state index contributed by atoms with van der Waals surface area (Å²) in [5, 5.41) is 5.70. The summed E-state index contributed by atoms with van der Waals surface area (Å²) in [7, 11) is 1.50. The molecule has 2 aromatic rings.